The predicted octanol–water partition coefficient (Wildman–Crippen LogP) is 6.42. The molecule has 1 N–H and O–H groups in total. The van der Waals surface area contributed by atoms with Crippen molar-refractivity contribution in [2.45, 2.75) is 57.6 Å². The molecule has 1 fully saturated rings. The number of nitrogens with one attached hydrogen (secondary N) is 1. The van der Waals surface area contributed by atoms with E-state index in [9.17, 15) is 13.6 Å². The normalized spacial score (nSPS) is 20.3. The van der Waals surface area contributed by atoms with E-state index in [2.05, 4.69) is 17.0 Å². The van der Waals surface area contributed by atoms with Gasteiger partial charge in [0, 0.05) is 16.6 Å². The number of hydrogen-bond acceptors (Lipinski definition) is 2. The number of carbonyl (C=O) groups is 1. The highest BCUT2D eigenvalue weighted by molar-refractivity contribution is 6.30. The fraction of sp³-hybridized carbons (Fsp3) is 0.435. The zero-order chi connectivity index (χ0) is 20.8. The summed E-state index contributed by atoms with van der Waals surface area (Å²) in [5.74, 6) is 0.976. The number of amides is 1. The van der Waals surface area contributed by atoms with Gasteiger partial charge in [-0.25, -0.2) is 0 Å². The second-order valence-corrected chi connectivity index (χ2v) is 7.99. The monoisotopic (exact) mass is 421 g/mol. The van der Waals surface area contributed by atoms with Gasteiger partial charge in [-0.2, -0.15) is 8.78 Å². The molecule has 2 aromatic rings. The molecule has 0 unspecified atom stereocenters. The summed E-state index contributed by atoms with van der Waals surface area (Å²) in [4.78, 5) is 12.5. The Morgan fingerprint density at radius 3 is 2.24 bits per heavy atom. The molecule has 1 atom stereocenters. The average Bonchev–Trinajstić information content (AvgIpc) is 2.73. The fourth-order valence-corrected chi connectivity index (χ4v) is 4.31. The summed E-state index contributed by atoms with van der Waals surface area (Å²) >= 11 is 5.89. The Hall–Kier alpha value is -2.14. The maximum absolute atomic E-state index is 12.5. The van der Waals surface area contributed by atoms with Crippen molar-refractivity contribution in [3.05, 3.63) is 64.7 Å². The summed E-state index contributed by atoms with van der Waals surface area (Å²) in [5.41, 5.74) is 1.77. The van der Waals surface area contributed by atoms with Crippen molar-refractivity contribution < 1.29 is 18.3 Å². The van der Waals surface area contributed by atoms with E-state index in [0.717, 1.165) is 37.7 Å². The summed E-state index contributed by atoms with van der Waals surface area (Å²) in [6.07, 6.45) is 4.98. The Labute approximate surface area is 175 Å². The van der Waals surface area contributed by atoms with Crippen LogP contribution in [0, 0.1) is 5.92 Å². The number of halogens is 3. The number of carbonyl (C=O) groups excluding carboxylic acids is 1. The van der Waals surface area contributed by atoms with Crippen molar-refractivity contribution in [2.24, 2.45) is 5.92 Å². The first kappa shape index (κ1) is 21.6. The van der Waals surface area contributed by atoms with Gasteiger partial charge in [-0.15, -0.1) is 0 Å². The minimum Gasteiger partial charge on any atom is -0.435 e. The van der Waals surface area contributed by atoms with E-state index in [-0.39, 0.29) is 17.7 Å². The van der Waals surface area contributed by atoms with Gasteiger partial charge in [0.1, 0.15) is 5.75 Å². The standard InChI is InChI=1S/C23H26ClF2NO2/c1-2-21(27-22(28)18-7-11-19(24)12-8-18)17-5-3-15(4-6-17)16-9-13-20(14-10-16)29-23(25)26/h7-15,17,21,23H,2-6H2,1H3,(H,27,28)/t15?,17?,21-/m1/s1. The molecule has 0 bridgehead atoms. The molecule has 0 saturated heterocycles. The van der Waals surface area contributed by atoms with E-state index < -0.39 is 6.61 Å². The summed E-state index contributed by atoms with van der Waals surface area (Å²) < 4.78 is 29.0. The SMILES string of the molecule is CC[C@@H](NC(=O)c1ccc(Cl)cc1)C1CCC(c2ccc(OC(F)F)cc2)CC1. The molecule has 29 heavy (non-hydrogen) atoms. The number of ether oxygens (including phenoxy) is 1. The van der Waals surface area contributed by atoms with Gasteiger partial charge in [0.15, 0.2) is 0 Å². The summed E-state index contributed by atoms with van der Waals surface area (Å²) in [5, 5.41) is 3.79. The van der Waals surface area contributed by atoms with Gasteiger partial charge >= 0.3 is 6.61 Å². The largest absolute Gasteiger partial charge is 0.435 e. The number of alkyl halides is 2. The van der Waals surface area contributed by atoms with Crippen LogP contribution in [-0.4, -0.2) is 18.6 Å². The third-order valence-electron chi connectivity index (χ3n) is 5.78. The molecule has 0 spiro atoms. The van der Waals surface area contributed by atoms with Crippen LogP contribution in [0.25, 0.3) is 0 Å². The number of hydrogen-bond donors (Lipinski definition) is 1. The van der Waals surface area contributed by atoms with Crippen molar-refractivity contribution in [3.8, 4) is 5.75 Å². The first-order valence-corrected chi connectivity index (χ1v) is 10.4. The zero-order valence-corrected chi connectivity index (χ0v) is 17.2. The van der Waals surface area contributed by atoms with Gasteiger partial charge in [-0.05, 0) is 85.9 Å². The molecule has 1 aliphatic rings. The maximum atomic E-state index is 12.5. The van der Waals surface area contributed by atoms with Crippen molar-refractivity contribution in [1.29, 1.82) is 0 Å². The van der Waals surface area contributed by atoms with Gasteiger partial charge in [-0.3, -0.25) is 4.79 Å². The molecule has 3 rings (SSSR count). The minimum absolute atomic E-state index is 0.0646. The smallest absolute Gasteiger partial charge is 0.387 e. The quantitative estimate of drug-likeness (QED) is 0.559. The van der Waals surface area contributed by atoms with Crippen molar-refractivity contribution in [1.82, 2.24) is 5.32 Å². The first-order chi connectivity index (χ1) is 14.0. The van der Waals surface area contributed by atoms with E-state index in [0.29, 0.717) is 22.4 Å². The Morgan fingerprint density at radius 1 is 1.07 bits per heavy atom. The lowest BCUT2D eigenvalue weighted by Crippen LogP contribution is -2.41. The number of rotatable bonds is 7. The lowest BCUT2D eigenvalue weighted by atomic mass is 9.75. The Morgan fingerprint density at radius 2 is 1.69 bits per heavy atom. The van der Waals surface area contributed by atoms with Gasteiger partial charge < -0.3 is 10.1 Å². The van der Waals surface area contributed by atoms with Crippen LogP contribution in [0.15, 0.2) is 48.5 Å². The fourth-order valence-electron chi connectivity index (χ4n) is 4.18. The molecular weight excluding hydrogens is 396 g/mol. The molecule has 156 valence electrons. The van der Waals surface area contributed by atoms with Crippen molar-refractivity contribution in [2.75, 3.05) is 0 Å². The zero-order valence-electron chi connectivity index (χ0n) is 16.4. The maximum Gasteiger partial charge on any atom is 0.387 e. The lowest BCUT2D eigenvalue weighted by Gasteiger charge is -2.34. The van der Waals surface area contributed by atoms with E-state index in [4.69, 9.17) is 11.6 Å². The highest BCUT2D eigenvalue weighted by Crippen LogP contribution is 2.38. The van der Waals surface area contributed by atoms with E-state index in [1.54, 1.807) is 36.4 Å². The highest BCUT2D eigenvalue weighted by Gasteiger charge is 2.28. The number of benzene rings is 2. The first-order valence-electron chi connectivity index (χ1n) is 10.1. The Kier molecular flexibility index (Phi) is 7.48. The second kappa shape index (κ2) is 10.1. The summed E-state index contributed by atoms with van der Waals surface area (Å²) in [7, 11) is 0. The molecule has 0 aromatic heterocycles. The Bertz CT molecular complexity index is 788. The van der Waals surface area contributed by atoms with Gasteiger partial charge in [0.05, 0.1) is 0 Å². The van der Waals surface area contributed by atoms with Crippen LogP contribution in [0.1, 0.15) is 60.9 Å². The topological polar surface area (TPSA) is 38.3 Å². The molecular formula is C23H26ClF2NO2. The molecule has 1 amide bonds. The van der Waals surface area contributed by atoms with Crippen LogP contribution >= 0.6 is 11.6 Å². The lowest BCUT2D eigenvalue weighted by molar-refractivity contribution is -0.0498. The molecule has 6 heteroatoms. The molecule has 0 heterocycles. The van der Waals surface area contributed by atoms with Crippen molar-refractivity contribution in [3.63, 3.8) is 0 Å². The third-order valence-corrected chi connectivity index (χ3v) is 6.03. The van der Waals surface area contributed by atoms with Gasteiger partial charge in [-0.1, -0.05) is 30.7 Å². The second-order valence-electron chi connectivity index (χ2n) is 7.55. The summed E-state index contributed by atoms with van der Waals surface area (Å²) in [6, 6.07) is 14.0. The average molecular weight is 422 g/mol. The van der Waals surface area contributed by atoms with Crippen LogP contribution in [0.3, 0.4) is 0 Å². The van der Waals surface area contributed by atoms with Crippen LogP contribution in [0.4, 0.5) is 8.78 Å². The van der Waals surface area contributed by atoms with E-state index in [1.165, 1.54) is 0 Å². The minimum atomic E-state index is -2.80. The third kappa shape index (κ3) is 5.92. The van der Waals surface area contributed by atoms with Crippen molar-refractivity contribution >= 4 is 17.5 Å². The van der Waals surface area contributed by atoms with E-state index in [1.807, 2.05) is 12.1 Å². The van der Waals surface area contributed by atoms with E-state index >= 15 is 0 Å². The van der Waals surface area contributed by atoms with Gasteiger partial charge in [0.2, 0.25) is 0 Å². The molecule has 0 radical (unpaired) electrons. The molecule has 0 aliphatic heterocycles. The van der Waals surface area contributed by atoms with Gasteiger partial charge in [0.25, 0.3) is 5.91 Å². The van der Waals surface area contributed by atoms with Crippen LogP contribution in [0.5, 0.6) is 5.75 Å². The molecule has 2 aromatic carbocycles. The molecule has 1 saturated carbocycles. The molecule has 1 aliphatic carbocycles. The summed E-state index contributed by atoms with van der Waals surface area (Å²) in [6.45, 7) is -0.703. The predicted molar refractivity (Wildman–Crippen MR) is 111 cm³/mol. The van der Waals surface area contributed by atoms with Crippen LogP contribution in [0.2, 0.25) is 5.02 Å². The molecule has 3 nitrogen and oxygen atoms in total. The van der Waals surface area contributed by atoms with Crippen LogP contribution < -0.4 is 10.1 Å². The Balaban J connectivity index is 1.54. The highest BCUT2D eigenvalue weighted by atomic mass is 35.5. The van der Waals surface area contributed by atoms with Crippen LogP contribution in [-0.2, 0) is 0 Å².